The number of sulfonamides is 1. The van der Waals surface area contributed by atoms with E-state index in [2.05, 4.69) is 10.6 Å². The molecule has 17 heavy (non-hydrogen) atoms. The number of rotatable bonds is 4. The van der Waals surface area contributed by atoms with Crippen LogP contribution >= 0.6 is 0 Å². The molecule has 0 saturated heterocycles. The van der Waals surface area contributed by atoms with E-state index in [9.17, 15) is 8.42 Å². The highest BCUT2D eigenvalue weighted by molar-refractivity contribution is 7.89. The number of hydrogen-bond acceptors (Lipinski definition) is 3. The summed E-state index contributed by atoms with van der Waals surface area (Å²) < 4.78 is 26.0. The first-order valence-corrected chi connectivity index (χ1v) is 6.43. The minimum absolute atomic E-state index is 0.144. The molecule has 1 N–H and O–H groups in total. The fourth-order valence-electron chi connectivity index (χ4n) is 1.27. The van der Waals surface area contributed by atoms with Gasteiger partial charge in [-0.15, -0.1) is 12.3 Å². The highest BCUT2D eigenvalue weighted by atomic mass is 32.2. The van der Waals surface area contributed by atoms with Crippen LogP contribution in [0.15, 0.2) is 23.1 Å². The molecule has 0 spiro atoms. The van der Waals surface area contributed by atoms with Gasteiger partial charge in [0.15, 0.2) is 0 Å². The summed E-state index contributed by atoms with van der Waals surface area (Å²) in [7, 11) is -3.53. The van der Waals surface area contributed by atoms with Crippen LogP contribution in [0.1, 0.15) is 17.5 Å². The zero-order valence-corrected chi connectivity index (χ0v) is 10.2. The summed E-state index contributed by atoms with van der Waals surface area (Å²) in [6.07, 6.45) is 5.38. The second-order valence-electron chi connectivity index (χ2n) is 3.44. The van der Waals surface area contributed by atoms with Crippen LogP contribution in [0.25, 0.3) is 0 Å². The first-order chi connectivity index (χ1) is 8.01. The first kappa shape index (κ1) is 13.2. The monoisotopic (exact) mass is 248 g/mol. The normalized spacial score (nSPS) is 10.5. The molecule has 0 amide bonds. The molecule has 0 aliphatic rings. The van der Waals surface area contributed by atoms with E-state index in [0.717, 1.165) is 0 Å². The number of nitrogens with zero attached hydrogens (tertiary/aromatic N) is 1. The van der Waals surface area contributed by atoms with Crippen molar-refractivity contribution in [3.05, 3.63) is 29.3 Å². The molecule has 0 heterocycles. The van der Waals surface area contributed by atoms with Crippen molar-refractivity contribution in [1.82, 2.24) is 4.72 Å². The van der Waals surface area contributed by atoms with Crippen molar-refractivity contribution in [2.24, 2.45) is 0 Å². The zero-order valence-electron chi connectivity index (χ0n) is 9.40. The predicted molar refractivity (Wildman–Crippen MR) is 64.5 cm³/mol. The summed E-state index contributed by atoms with van der Waals surface area (Å²) in [4.78, 5) is 0.144. The van der Waals surface area contributed by atoms with Gasteiger partial charge in [0, 0.05) is 13.0 Å². The molecule has 0 aliphatic carbocycles. The van der Waals surface area contributed by atoms with Gasteiger partial charge in [-0.05, 0) is 30.7 Å². The van der Waals surface area contributed by atoms with Gasteiger partial charge in [0.1, 0.15) is 0 Å². The van der Waals surface area contributed by atoms with Gasteiger partial charge in [-0.1, -0.05) is 0 Å². The van der Waals surface area contributed by atoms with E-state index in [1.165, 1.54) is 18.2 Å². The Morgan fingerprint density at radius 3 is 2.71 bits per heavy atom. The van der Waals surface area contributed by atoms with Crippen LogP contribution in [-0.4, -0.2) is 15.0 Å². The zero-order chi connectivity index (χ0) is 12.9. The average molecular weight is 248 g/mol. The summed E-state index contributed by atoms with van der Waals surface area (Å²) in [6.45, 7) is 1.90. The van der Waals surface area contributed by atoms with E-state index in [0.29, 0.717) is 17.5 Å². The summed E-state index contributed by atoms with van der Waals surface area (Å²) >= 11 is 0. The molecular weight excluding hydrogens is 236 g/mol. The molecule has 0 fully saturated rings. The molecule has 0 bridgehead atoms. The quantitative estimate of drug-likeness (QED) is 0.642. The predicted octanol–water partition coefficient (Wildman–Crippen LogP) is 1.17. The maximum atomic E-state index is 11.8. The van der Waals surface area contributed by atoms with Crippen LogP contribution in [0, 0.1) is 30.6 Å². The lowest BCUT2D eigenvalue weighted by molar-refractivity contribution is 0.582. The van der Waals surface area contributed by atoms with Crippen molar-refractivity contribution in [2.45, 2.75) is 18.2 Å². The number of aryl methyl sites for hydroxylation is 1. The Labute approximate surface area is 101 Å². The van der Waals surface area contributed by atoms with E-state index in [4.69, 9.17) is 11.7 Å². The van der Waals surface area contributed by atoms with Gasteiger partial charge in [0.05, 0.1) is 16.5 Å². The topological polar surface area (TPSA) is 70.0 Å². The molecule has 4 nitrogen and oxygen atoms in total. The van der Waals surface area contributed by atoms with Crippen LogP contribution in [0.3, 0.4) is 0 Å². The molecule has 0 radical (unpaired) electrons. The highest BCUT2D eigenvalue weighted by Crippen LogP contribution is 2.14. The second-order valence-corrected chi connectivity index (χ2v) is 5.21. The summed E-state index contributed by atoms with van der Waals surface area (Å²) in [5, 5.41) is 8.75. The van der Waals surface area contributed by atoms with E-state index < -0.39 is 10.0 Å². The number of nitriles is 1. The Balaban J connectivity index is 2.98. The third kappa shape index (κ3) is 3.32. The largest absolute Gasteiger partial charge is 0.240 e. The number of hydrogen-bond donors (Lipinski definition) is 1. The van der Waals surface area contributed by atoms with Crippen molar-refractivity contribution in [2.75, 3.05) is 6.54 Å². The molecule has 0 atom stereocenters. The van der Waals surface area contributed by atoms with Gasteiger partial charge < -0.3 is 0 Å². The molecule has 0 aliphatic heterocycles. The number of benzene rings is 1. The Hall–Kier alpha value is -1.82. The Morgan fingerprint density at radius 2 is 2.18 bits per heavy atom. The maximum Gasteiger partial charge on any atom is 0.240 e. The maximum absolute atomic E-state index is 11.8. The van der Waals surface area contributed by atoms with E-state index >= 15 is 0 Å². The first-order valence-electron chi connectivity index (χ1n) is 4.95. The van der Waals surface area contributed by atoms with Crippen LogP contribution in [0.4, 0.5) is 0 Å². The van der Waals surface area contributed by atoms with Crippen molar-refractivity contribution in [3.8, 4) is 18.4 Å². The molecule has 0 aromatic heterocycles. The van der Waals surface area contributed by atoms with Crippen molar-refractivity contribution < 1.29 is 8.42 Å². The SMILES string of the molecule is C#CCCNS(=O)(=O)c1ccc(C#N)c(C)c1. The number of nitrogens with one attached hydrogen (secondary N) is 1. The van der Waals surface area contributed by atoms with Crippen LogP contribution in [0.2, 0.25) is 0 Å². The standard InChI is InChI=1S/C12H12N2O2S/c1-3-4-7-14-17(15,16)12-6-5-11(9-13)10(2)8-12/h1,5-6,8,14H,4,7H2,2H3. The third-order valence-electron chi connectivity index (χ3n) is 2.19. The number of terminal acetylenes is 1. The van der Waals surface area contributed by atoms with E-state index in [1.807, 2.05) is 6.07 Å². The molecular formula is C12H12N2O2S. The summed E-state index contributed by atoms with van der Waals surface area (Å²) in [5.74, 6) is 2.35. The molecule has 1 aromatic rings. The average Bonchev–Trinajstić information content (AvgIpc) is 2.29. The van der Waals surface area contributed by atoms with Gasteiger partial charge in [0.2, 0.25) is 10.0 Å². The molecule has 1 rings (SSSR count). The van der Waals surface area contributed by atoms with Crippen molar-refractivity contribution in [1.29, 1.82) is 5.26 Å². The van der Waals surface area contributed by atoms with E-state index in [1.54, 1.807) is 6.92 Å². The minimum atomic E-state index is -3.53. The summed E-state index contributed by atoms with van der Waals surface area (Å²) in [5.41, 5.74) is 1.10. The fourth-order valence-corrected chi connectivity index (χ4v) is 2.39. The molecule has 5 heteroatoms. The Kier molecular flexibility index (Phi) is 4.28. The minimum Gasteiger partial charge on any atom is -0.210 e. The molecule has 0 saturated carbocycles. The molecule has 88 valence electrons. The van der Waals surface area contributed by atoms with Crippen LogP contribution < -0.4 is 4.72 Å². The third-order valence-corrected chi connectivity index (χ3v) is 3.65. The summed E-state index contributed by atoms with van der Waals surface area (Å²) in [6, 6.07) is 6.35. The fraction of sp³-hybridized carbons (Fsp3) is 0.250. The highest BCUT2D eigenvalue weighted by Gasteiger charge is 2.13. The molecule has 0 unspecified atom stereocenters. The lowest BCUT2D eigenvalue weighted by atomic mass is 10.1. The molecule has 1 aromatic carbocycles. The second kappa shape index (κ2) is 5.49. The Morgan fingerprint density at radius 1 is 1.47 bits per heavy atom. The van der Waals surface area contributed by atoms with E-state index in [-0.39, 0.29) is 11.4 Å². The van der Waals surface area contributed by atoms with Crippen molar-refractivity contribution in [3.63, 3.8) is 0 Å². The van der Waals surface area contributed by atoms with Gasteiger partial charge in [-0.25, -0.2) is 13.1 Å². The smallest absolute Gasteiger partial charge is 0.210 e. The Bertz CT molecular complexity index is 592. The van der Waals surface area contributed by atoms with Gasteiger partial charge in [0.25, 0.3) is 0 Å². The van der Waals surface area contributed by atoms with Crippen LogP contribution in [0.5, 0.6) is 0 Å². The van der Waals surface area contributed by atoms with Gasteiger partial charge in [-0.2, -0.15) is 5.26 Å². The van der Waals surface area contributed by atoms with Crippen molar-refractivity contribution >= 4 is 10.0 Å². The van der Waals surface area contributed by atoms with Crippen LogP contribution in [-0.2, 0) is 10.0 Å². The van der Waals surface area contributed by atoms with Gasteiger partial charge in [-0.3, -0.25) is 0 Å². The van der Waals surface area contributed by atoms with Gasteiger partial charge >= 0.3 is 0 Å². The lowest BCUT2D eigenvalue weighted by Crippen LogP contribution is -2.24. The lowest BCUT2D eigenvalue weighted by Gasteiger charge is -2.06.